The lowest BCUT2D eigenvalue weighted by atomic mass is 10.2. The van der Waals surface area contributed by atoms with Crippen LogP contribution < -0.4 is 5.32 Å². The van der Waals surface area contributed by atoms with Gasteiger partial charge in [0, 0.05) is 19.3 Å². The minimum atomic E-state index is -0.556. The van der Waals surface area contributed by atoms with E-state index >= 15 is 0 Å². The molecule has 8 heteroatoms. The van der Waals surface area contributed by atoms with Crippen LogP contribution in [-0.2, 0) is 29.2 Å². The predicted molar refractivity (Wildman–Crippen MR) is 121 cm³/mol. The Morgan fingerprint density at radius 2 is 1.47 bits per heavy atom. The van der Waals surface area contributed by atoms with Crippen molar-refractivity contribution in [3.8, 4) is 0 Å². The number of halogens is 1. The number of amides is 2. The smallest absolute Gasteiger partial charge is 0.410 e. The molecule has 0 atom stereocenters. The number of rotatable bonds is 9. The molecule has 166 valence electrons. The Morgan fingerprint density at radius 1 is 0.844 bits per heavy atom. The van der Waals surface area contributed by atoms with Crippen LogP contribution in [0.15, 0.2) is 79.0 Å². The number of hydrogen-bond donors (Lipinski definition) is 1. The highest BCUT2D eigenvalue weighted by Crippen LogP contribution is 2.10. The standard InChI is InChI=1S/C24H24ClN3O4/c25-22-12-11-21(15-27-22)16-28(24(30)32-18-20-9-5-2-6-10-20)14-13-26-23(29)31-17-19-7-3-1-4-8-19/h1-12,15H,13-14,16-18H2,(H,26,29). The number of carbonyl (C=O) groups excluding carboxylic acids is 2. The van der Waals surface area contributed by atoms with Gasteiger partial charge in [-0.1, -0.05) is 78.3 Å². The van der Waals surface area contributed by atoms with Crippen molar-refractivity contribution in [1.82, 2.24) is 15.2 Å². The first kappa shape index (κ1) is 23.1. The zero-order chi connectivity index (χ0) is 22.6. The van der Waals surface area contributed by atoms with Crippen LogP contribution in [0.2, 0.25) is 5.15 Å². The van der Waals surface area contributed by atoms with E-state index in [1.165, 1.54) is 4.90 Å². The van der Waals surface area contributed by atoms with E-state index in [-0.39, 0.29) is 32.8 Å². The number of benzene rings is 2. The minimum Gasteiger partial charge on any atom is -0.445 e. The Bertz CT molecular complexity index is 985. The molecule has 0 fully saturated rings. The molecule has 1 aromatic heterocycles. The first-order chi connectivity index (χ1) is 15.6. The molecule has 0 spiro atoms. The quantitative estimate of drug-likeness (QED) is 0.471. The molecule has 2 aromatic carbocycles. The topological polar surface area (TPSA) is 80.8 Å². The van der Waals surface area contributed by atoms with Gasteiger partial charge in [-0.3, -0.25) is 0 Å². The van der Waals surface area contributed by atoms with Crippen molar-refractivity contribution < 1.29 is 19.1 Å². The number of alkyl carbamates (subject to hydrolysis) is 1. The number of nitrogens with zero attached hydrogens (tertiary/aromatic N) is 2. The van der Waals surface area contributed by atoms with Gasteiger partial charge in [-0.05, 0) is 22.8 Å². The fourth-order valence-corrected chi connectivity index (χ4v) is 2.94. The maximum absolute atomic E-state index is 12.7. The van der Waals surface area contributed by atoms with Crippen molar-refractivity contribution in [1.29, 1.82) is 0 Å². The van der Waals surface area contributed by atoms with Crippen molar-refractivity contribution in [3.63, 3.8) is 0 Å². The second-order valence-corrected chi connectivity index (χ2v) is 7.33. The van der Waals surface area contributed by atoms with Gasteiger partial charge in [-0.15, -0.1) is 0 Å². The molecule has 3 aromatic rings. The molecule has 0 unspecified atom stereocenters. The van der Waals surface area contributed by atoms with Crippen LogP contribution in [0.25, 0.3) is 0 Å². The van der Waals surface area contributed by atoms with Crippen LogP contribution in [0.1, 0.15) is 16.7 Å². The summed E-state index contributed by atoms with van der Waals surface area (Å²) in [5, 5.41) is 3.03. The van der Waals surface area contributed by atoms with Gasteiger partial charge in [-0.2, -0.15) is 0 Å². The molecule has 0 saturated heterocycles. The lowest BCUT2D eigenvalue weighted by Crippen LogP contribution is -2.38. The van der Waals surface area contributed by atoms with Gasteiger partial charge in [0.25, 0.3) is 0 Å². The summed E-state index contributed by atoms with van der Waals surface area (Å²) in [5.74, 6) is 0. The van der Waals surface area contributed by atoms with Crippen molar-refractivity contribution in [2.75, 3.05) is 13.1 Å². The Hall–Kier alpha value is -3.58. The number of ether oxygens (including phenoxy) is 2. The molecule has 0 saturated carbocycles. The molecule has 1 N–H and O–H groups in total. The minimum absolute atomic E-state index is 0.154. The van der Waals surface area contributed by atoms with Crippen LogP contribution in [0.3, 0.4) is 0 Å². The number of aromatic nitrogens is 1. The highest BCUT2D eigenvalue weighted by atomic mass is 35.5. The third-order valence-electron chi connectivity index (χ3n) is 4.49. The number of hydrogen-bond acceptors (Lipinski definition) is 5. The molecule has 7 nitrogen and oxygen atoms in total. The maximum atomic E-state index is 12.7. The van der Waals surface area contributed by atoms with Gasteiger partial charge < -0.3 is 19.7 Å². The summed E-state index contributed by atoms with van der Waals surface area (Å²) in [5.41, 5.74) is 2.57. The monoisotopic (exact) mass is 453 g/mol. The van der Waals surface area contributed by atoms with Gasteiger partial charge in [0.2, 0.25) is 0 Å². The molecule has 0 aliphatic heterocycles. The molecule has 2 amide bonds. The van der Waals surface area contributed by atoms with Crippen molar-refractivity contribution in [2.24, 2.45) is 0 Å². The summed E-state index contributed by atoms with van der Waals surface area (Å²) in [7, 11) is 0. The van der Waals surface area contributed by atoms with Gasteiger partial charge in [0.1, 0.15) is 18.4 Å². The van der Waals surface area contributed by atoms with Gasteiger partial charge in [0.15, 0.2) is 0 Å². The van der Waals surface area contributed by atoms with E-state index < -0.39 is 12.2 Å². The van der Waals surface area contributed by atoms with Crippen LogP contribution in [0.4, 0.5) is 9.59 Å². The summed E-state index contributed by atoms with van der Waals surface area (Å²) >= 11 is 5.84. The van der Waals surface area contributed by atoms with Crippen LogP contribution in [-0.4, -0.2) is 35.2 Å². The lowest BCUT2D eigenvalue weighted by Gasteiger charge is -2.22. The van der Waals surface area contributed by atoms with E-state index in [0.717, 1.165) is 16.7 Å². The van der Waals surface area contributed by atoms with E-state index in [4.69, 9.17) is 21.1 Å². The average Bonchev–Trinajstić information content (AvgIpc) is 2.83. The molecule has 0 radical (unpaired) electrons. The zero-order valence-electron chi connectivity index (χ0n) is 17.4. The third-order valence-corrected chi connectivity index (χ3v) is 4.71. The first-order valence-electron chi connectivity index (χ1n) is 10.1. The molecule has 0 bridgehead atoms. The zero-order valence-corrected chi connectivity index (χ0v) is 18.2. The Morgan fingerprint density at radius 3 is 2.06 bits per heavy atom. The highest BCUT2D eigenvalue weighted by Gasteiger charge is 2.16. The number of nitrogens with one attached hydrogen (secondary N) is 1. The lowest BCUT2D eigenvalue weighted by molar-refractivity contribution is 0.0926. The second kappa shape index (κ2) is 12.3. The van der Waals surface area contributed by atoms with Crippen LogP contribution in [0, 0.1) is 0 Å². The van der Waals surface area contributed by atoms with E-state index in [9.17, 15) is 9.59 Å². The van der Waals surface area contributed by atoms with E-state index in [1.54, 1.807) is 18.3 Å². The highest BCUT2D eigenvalue weighted by molar-refractivity contribution is 6.29. The maximum Gasteiger partial charge on any atom is 0.410 e. The number of pyridine rings is 1. The third kappa shape index (κ3) is 7.92. The van der Waals surface area contributed by atoms with E-state index in [2.05, 4.69) is 10.3 Å². The van der Waals surface area contributed by atoms with E-state index in [1.807, 2.05) is 60.7 Å². The predicted octanol–water partition coefficient (Wildman–Crippen LogP) is 4.80. The fourth-order valence-electron chi connectivity index (χ4n) is 2.83. The van der Waals surface area contributed by atoms with Crippen molar-refractivity contribution >= 4 is 23.8 Å². The van der Waals surface area contributed by atoms with Gasteiger partial charge in [0.05, 0.1) is 6.54 Å². The molecular formula is C24H24ClN3O4. The van der Waals surface area contributed by atoms with Crippen molar-refractivity contribution in [2.45, 2.75) is 19.8 Å². The molecular weight excluding hydrogens is 430 g/mol. The summed E-state index contributed by atoms with van der Waals surface area (Å²) in [4.78, 5) is 30.2. The largest absolute Gasteiger partial charge is 0.445 e. The first-order valence-corrected chi connectivity index (χ1v) is 10.5. The molecule has 32 heavy (non-hydrogen) atoms. The SMILES string of the molecule is O=C(NCCN(Cc1ccc(Cl)nc1)C(=O)OCc1ccccc1)OCc1ccccc1. The summed E-state index contributed by atoms with van der Waals surface area (Å²) in [6.45, 7) is 1.03. The van der Waals surface area contributed by atoms with Crippen LogP contribution >= 0.6 is 11.6 Å². The molecule has 1 heterocycles. The molecule has 0 aliphatic rings. The summed E-state index contributed by atoms with van der Waals surface area (Å²) in [6, 6.07) is 22.3. The van der Waals surface area contributed by atoms with Gasteiger partial charge >= 0.3 is 12.2 Å². The van der Waals surface area contributed by atoms with Crippen LogP contribution in [0.5, 0.6) is 0 Å². The summed E-state index contributed by atoms with van der Waals surface area (Å²) < 4.78 is 10.6. The Kier molecular flexibility index (Phi) is 8.89. The van der Waals surface area contributed by atoms with E-state index in [0.29, 0.717) is 5.15 Å². The Balaban J connectivity index is 1.51. The Labute approximate surface area is 191 Å². The van der Waals surface area contributed by atoms with Crippen molar-refractivity contribution in [3.05, 3.63) is 101 Å². The number of carbonyl (C=O) groups is 2. The summed E-state index contributed by atoms with van der Waals surface area (Å²) in [6.07, 6.45) is 0.546. The second-order valence-electron chi connectivity index (χ2n) is 6.94. The molecule has 3 rings (SSSR count). The average molecular weight is 454 g/mol. The normalized spacial score (nSPS) is 10.3. The van der Waals surface area contributed by atoms with Gasteiger partial charge in [-0.25, -0.2) is 14.6 Å². The molecule has 0 aliphatic carbocycles. The fraction of sp³-hybridized carbons (Fsp3) is 0.208.